The number of nitrogens with one attached hydrogen (secondary N) is 4. The number of carbonyl (C=O) groups excluding carboxylic acids is 4. The fraction of sp³-hybridized carbons (Fsp3) is 0.217. The molecule has 0 spiro atoms. The largest absolute Gasteiger partial charge is 0.273 e. The third-order valence-electron chi connectivity index (χ3n) is 5.74. The molecule has 4 N–H and O–H groups in total. The second-order valence-corrected chi connectivity index (χ2v) is 7.62. The lowest BCUT2D eigenvalue weighted by Gasteiger charge is -2.26. The molecule has 0 aromatic heterocycles. The highest BCUT2D eigenvalue weighted by molar-refractivity contribution is 5.98. The zero-order valence-corrected chi connectivity index (χ0v) is 16.6. The summed E-state index contributed by atoms with van der Waals surface area (Å²) in [5, 5.41) is 0. The number of hydrogen-bond acceptors (Lipinski definition) is 4. The first-order valence-electron chi connectivity index (χ1n) is 10.0. The Bertz CT molecular complexity index is 941. The van der Waals surface area contributed by atoms with Crippen molar-refractivity contribution in [1.29, 1.82) is 0 Å². The van der Waals surface area contributed by atoms with E-state index >= 15 is 0 Å². The monoisotopic (exact) mass is 418 g/mol. The van der Waals surface area contributed by atoms with Crippen LogP contribution in [0.15, 0.2) is 72.8 Å². The van der Waals surface area contributed by atoms with Gasteiger partial charge in [-0.1, -0.05) is 48.6 Å². The van der Waals surface area contributed by atoms with Crippen LogP contribution in [0.25, 0.3) is 0 Å². The van der Waals surface area contributed by atoms with Crippen molar-refractivity contribution in [2.75, 3.05) is 0 Å². The summed E-state index contributed by atoms with van der Waals surface area (Å²) >= 11 is 0. The summed E-state index contributed by atoms with van der Waals surface area (Å²) in [6, 6.07) is 17.0. The molecule has 4 amide bonds. The van der Waals surface area contributed by atoms with Crippen molar-refractivity contribution < 1.29 is 19.2 Å². The van der Waals surface area contributed by atoms with Gasteiger partial charge in [-0.25, -0.2) is 0 Å². The Balaban J connectivity index is 1.37. The van der Waals surface area contributed by atoms with Gasteiger partial charge in [0.2, 0.25) is 11.8 Å². The minimum atomic E-state index is -0.639. The van der Waals surface area contributed by atoms with Gasteiger partial charge in [0.25, 0.3) is 11.8 Å². The van der Waals surface area contributed by atoms with E-state index in [0.29, 0.717) is 17.5 Å². The van der Waals surface area contributed by atoms with Crippen LogP contribution in [0.3, 0.4) is 0 Å². The van der Waals surface area contributed by atoms with E-state index in [9.17, 15) is 19.2 Å². The van der Waals surface area contributed by atoms with Crippen molar-refractivity contribution in [3.8, 4) is 0 Å². The van der Waals surface area contributed by atoms with Crippen LogP contribution in [0, 0.1) is 23.7 Å². The highest BCUT2D eigenvalue weighted by Gasteiger charge is 2.51. The topological polar surface area (TPSA) is 116 Å². The van der Waals surface area contributed by atoms with Gasteiger partial charge in [0.15, 0.2) is 0 Å². The van der Waals surface area contributed by atoms with Gasteiger partial charge in [-0.15, -0.1) is 0 Å². The summed E-state index contributed by atoms with van der Waals surface area (Å²) in [5.41, 5.74) is 10.5. The van der Waals surface area contributed by atoms with E-state index in [2.05, 4.69) is 21.7 Å². The van der Waals surface area contributed by atoms with Gasteiger partial charge in [-0.3, -0.25) is 40.9 Å². The first-order chi connectivity index (χ1) is 15.0. The zero-order valence-electron chi connectivity index (χ0n) is 16.6. The van der Waals surface area contributed by atoms with Crippen molar-refractivity contribution in [3.63, 3.8) is 0 Å². The number of hydrazine groups is 2. The maximum Gasteiger partial charge on any atom is 0.269 e. The van der Waals surface area contributed by atoms with Crippen molar-refractivity contribution in [2.45, 2.75) is 6.42 Å². The molecule has 8 heteroatoms. The summed E-state index contributed by atoms with van der Waals surface area (Å²) in [6.45, 7) is 0. The maximum absolute atomic E-state index is 12.8. The average Bonchev–Trinajstić information content (AvgIpc) is 3.43. The number of allylic oxidation sites excluding steroid dienone is 2. The van der Waals surface area contributed by atoms with Gasteiger partial charge in [-0.2, -0.15) is 0 Å². The molecule has 8 nitrogen and oxygen atoms in total. The third kappa shape index (κ3) is 4.32. The van der Waals surface area contributed by atoms with Crippen molar-refractivity contribution in [2.24, 2.45) is 23.7 Å². The van der Waals surface area contributed by atoms with Crippen LogP contribution in [-0.4, -0.2) is 23.6 Å². The summed E-state index contributed by atoms with van der Waals surface area (Å²) in [5.74, 6) is -3.23. The Kier molecular flexibility index (Phi) is 5.79. The van der Waals surface area contributed by atoms with Crippen molar-refractivity contribution >= 4 is 23.6 Å². The standard InChI is InChI=1S/C23H22N4O4/c28-20(14-7-3-1-4-8-14)24-26-22(30)18-16-11-12-17(13-16)19(18)23(31)27-25-21(29)15-9-5-2-6-10-15/h1-12,16-19H,13H2,(H,24,28)(H,25,29)(H,26,30)(H,27,31)/t16-,17-,18-,19-/m0/s1. The molecule has 2 aliphatic rings. The summed E-state index contributed by atoms with van der Waals surface area (Å²) in [7, 11) is 0. The van der Waals surface area contributed by atoms with E-state index in [1.54, 1.807) is 60.7 Å². The van der Waals surface area contributed by atoms with Crippen LogP contribution in [-0.2, 0) is 9.59 Å². The lowest BCUT2D eigenvalue weighted by atomic mass is 9.82. The van der Waals surface area contributed by atoms with Crippen LogP contribution in [0.1, 0.15) is 27.1 Å². The molecule has 4 atom stereocenters. The summed E-state index contributed by atoms with van der Waals surface area (Å²) in [4.78, 5) is 50.0. The molecule has 0 saturated heterocycles. The molecular formula is C23H22N4O4. The number of carbonyl (C=O) groups is 4. The van der Waals surface area contributed by atoms with E-state index in [-0.39, 0.29) is 11.8 Å². The second kappa shape index (κ2) is 8.83. The lowest BCUT2D eigenvalue weighted by Crippen LogP contribution is -2.52. The molecule has 1 fully saturated rings. The molecule has 31 heavy (non-hydrogen) atoms. The van der Waals surface area contributed by atoms with Crippen LogP contribution in [0.2, 0.25) is 0 Å². The molecule has 0 aliphatic heterocycles. The Morgan fingerprint density at radius 3 is 1.35 bits per heavy atom. The Morgan fingerprint density at radius 1 is 0.581 bits per heavy atom. The Hall–Kier alpha value is -3.94. The van der Waals surface area contributed by atoms with Crippen LogP contribution < -0.4 is 21.7 Å². The minimum Gasteiger partial charge on any atom is -0.273 e. The fourth-order valence-electron chi connectivity index (χ4n) is 4.26. The molecule has 0 unspecified atom stereocenters. The van der Waals surface area contributed by atoms with E-state index in [4.69, 9.17) is 0 Å². The van der Waals surface area contributed by atoms with Gasteiger partial charge >= 0.3 is 0 Å². The first-order valence-corrected chi connectivity index (χ1v) is 10.0. The molecular weight excluding hydrogens is 396 g/mol. The number of fused-ring (bicyclic) bond motifs is 2. The highest BCUT2D eigenvalue weighted by Crippen LogP contribution is 2.48. The predicted octanol–water partition coefficient (Wildman–Crippen LogP) is 1.35. The molecule has 158 valence electrons. The lowest BCUT2D eigenvalue weighted by molar-refractivity contribution is -0.136. The number of rotatable bonds is 4. The number of hydrogen-bond donors (Lipinski definition) is 4. The third-order valence-corrected chi connectivity index (χ3v) is 5.74. The van der Waals surface area contributed by atoms with Gasteiger partial charge in [0.05, 0.1) is 11.8 Å². The zero-order chi connectivity index (χ0) is 21.8. The van der Waals surface area contributed by atoms with Crippen LogP contribution in [0.5, 0.6) is 0 Å². The normalized spacial score (nSPS) is 23.1. The van der Waals surface area contributed by atoms with E-state index < -0.39 is 35.5 Å². The van der Waals surface area contributed by atoms with Gasteiger partial charge in [0.1, 0.15) is 0 Å². The van der Waals surface area contributed by atoms with Crippen LogP contribution in [0.4, 0.5) is 0 Å². The van der Waals surface area contributed by atoms with E-state index in [1.165, 1.54) is 0 Å². The number of amides is 4. The van der Waals surface area contributed by atoms with Gasteiger partial charge in [0, 0.05) is 11.1 Å². The molecule has 0 heterocycles. The number of benzene rings is 2. The van der Waals surface area contributed by atoms with E-state index in [1.807, 2.05) is 12.2 Å². The van der Waals surface area contributed by atoms with Gasteiger partial charge < -0.3 is 0 Å². The SMILES string of the molecule is O=C(NNC(=O)[C@@H]1[C@@H](C(=O)NNC(=O)c2ccccc2)[C@H]2C=C[C@H]1C2)c1ccccc1. The first kappa shape index (κ1) is 20.3. The predicted molar refractivity (Wildman–Crippen MR) is 112 cm³/mol. The summed E-state index contributed by atoms with van der Waals surface area (Å²) in [6.07, 6.45) is 4.54. The molecule has 0 radical (unpaired) electrons. The minimum absolute atomic E-state index is 0.0980. The molecule has 2 aliphatic carbocycles. The fourth-order valence-corrected chi connectivity index (χ4v) is 4.26. The van der Waals surface area contributed by atoms with Gasteiger partial charge in [-0.05, 0) is 42.5 Å². The molecule has 1 saturated carbocycles. The smallest absolute Gasteiger partial charge is 0.269 e. The Labute approximate surface area is 179 Å². The Morgan fingerprint density at radius 2 is 0.968 bits per heavy atom. The average molecular weight is 418 g/mol. The van der Waals surface area contributed by atoms with Crippen LogP contribution >= 0.6 is 0 Å². The maximum atomic E-state index is 12.8. The molecule has 2 aromatic carbocycles. The van der Waals surface area contributed by atoms with Crippen molar-refractivity contribution in [1.82, 2.24) is 21.7 Å². The quantitative estimate of drug-likeness (QED) is 0.443. The van der Waals surface area contributed by atoms with Crippen molar-refractivity contribution in [3.05, 3.63) is 83.9 Å². The summed E-state index contributed by atoms with van der Waals surface area (Å²) < 4.78 is 0. The molecule has 2 aromatic rings. The molecule has 4 rings (SSSR count). The second-order valence-electron chi connectivity index (χ2n) is 7.62. The highest BCUT2D eigenvalue weighted by atomic mass is 16.2. The van der Waals surface area contributed by atoms with E-state index in [0.717, 1.165) is 0 Å². The molecule has 2 bridgehead atoms.